The van der Waals surface area contributed by atoms with Gasteiger partial charge in [-0.2, -0.15) is 10.1 Å². The van der Waals surface area contributed by atoms with Crippen LogP contribution in [0.2, 0.25) is 0 Å². The van der Waals surface area contributed by atoms with Crippen LogP contribution >= 0.6 is 7.82 Å². The fourth-order valence-electron chi connectivity index (χ4n) is 5.08. The summed E-state index contributed by atoms with van der Waals surface area (Å²) in [5.41, 5.74) is 11.1. The van der Waals surface area contributed by atoms with E-state index in [4.69, 9.17) is 30.0 Å². The van der Waals surface area contributed by atoms with Crippen molar-refractivity contribution in [1.29, 1.82) is 0 Å². The van der Waals surface area contributed by atoms with E-state index in [0.717, 1.165) is 10.9 Å². The van der Waals surface area contributed by atoms with E-state index in [1.54, 1.807) is 0 Å². The molecule has 0 radical (unpaired) electrons. The minimum atomic E-state index is -4.94. The molecule has 10 N–H and O–H groups in total. The zero-order valence-electron chi connectivity index (χ0n) is 21.9. The number of hydrogen-bond acceptors (Lipinski definition) is 17. The summed E-state index contributed by atoms with van der Waals surface area (Å²) < 4.78 is 37.2. The summed E-state index contributed by atoms with van der Waals surface area (Å²) in [6.07, 6.45) is -7.23. The smallest absolute Gasteiger partial charge is 0.394 e. The number of rotatable bonds is 9. The summed E-state index contributed by atoms with van der Waals surface area (Å²) in [6, 6.07) is 0. The van der Waals surface area contributed by atoms with Crippen molar-refractivity contribution in [2.45, 2.75) is 55.4 Å². The van der Waals surface area contributed by atoms with Crippen LogP contribution in [0.3, 0.4) is 0 Å². The first-order valence-corrected chi connectivity index (χ1v) is 14.3. The van der Waals surface area contributed by atoms with Crippen molar-refractivity contribution < 1.29 is 48.4 Å². The molecule has 2 aliphatic rings. The van der Waals surface area contributed by atoms with Crippen molar-refractivity contribution in [3.63, 3.8) is 0 Å². The van der Waals surface area contributed by atoms with Gasteiger partial charge in [-0.15, -0.1) is 0 Å². The Labute approximate surface area is 239 Å². The second kappa shape index (κ2) is 11.1. The topological polar surface area (TPSA) is 314 Å². The van der Waals surface area contributed by atoms with E-state index in [1.807, 2.05) is 0 Å². The summed E-state index contributed by atoms with van der Waals surface area (Å²) in [4.78, 5) is 40.8. The van der Waals surface area contributed by atoms with Gasteiger partial charge in [0.1, 0.15) is 43.0 Å². The molecule has 0 aliphatic carbocycles. The van der Waals surface area contributed by atoms with Crippen LogP contribution in [0.5, 0.6) is 0 Å². The molecule has 0 saturated carbocycles. The van der Waals surface area contributed by atoms with Gasteiger partial charge in [-0.25, -0.2) is 24.0 Å². The Bertz CT molecular complexity index is 1750. The summed E-state index contributed by atoms with van der Waals surface area (Å²) in [5.74, 6) is -0.147. The molecular formula is C21H27N10O11P. The number of aliphatic hydroxyl groups is 4. The van der Waals surface area contributed by atoms with Crippen molar-refractivity contribution in [2.24, 2.45) is 0 Å². The van der Waals surface area contributed by atoms with Gasteiger partial charge in [0.25, 0.3) is 5.56 Å². The van der Waals surface area contributed by atoms with Crippen molar-refractivity contribution in [3.8, 4) is 0 Å². The van der Waals surface area contributed by atoms with E-state index < -0.39 is 75.6 Å². The number of nitrogens with two attached hydrogens (primary N) is 2. The number of nitrogen functional groups attached to an aromatic ring is 2. The molecule has 0 amide bonds. The lowest BCUT2D eigenvalue weighted by Crippen LogP contribution is -2.35. The third-order valence-corrected chi connectivity index (χ3v) is 8.16. The van der Waals surface area contributed by atoms with Gasteiger partial charge < -0.3 is 46.3 Å². The fourth-order valence-corrected chi connectivity index (χ4v) is 6.02. The molecule has 6 heterocycles. The molecule has 0 bridgehead atoms. The number of phosphoric acid groups is 1. The lowest BCUT2D eigenvalue weighted by Gasteiger charge is -2.24. The molecule has 2 saturated heterocycles. The van der Waals surface area contributed by atoms with Crippen molar-refractivity contribution in [1.82, 2.24) is 39.1 Å². The second-order valence-electron chi connectivity index (χ2n) is 9.81. The Kier molecular flexibility index (Phi) is 7.62. The molecule has 1 unspecified atom stereocenters. The number of fused-ring (bicyclic) bond motifs is 2. The van der Waals surface area contributed by atoms with Crippen LogP contribution in [0.1, 0.15) is 24.4 Å². The molecule has 2 fully saturated rings. The number of hydrogen-bond donors (Lipinski definition) is 8. The molecule has 43 heavy (non-hydrogen) atoms. The SMILES string of the molecule is Nc1nc2c(ncn2[C@@H]2O[C@H](CO)[C@@H](O)[C@H]2OP(=O)(O)OCC[C@H]2O[C@@H](c3cnc4c(N)ncnn34)[C@H](O)[C@@H]2O)c(=O)[nH]1. The third kappa shape index (κ3) is 5.25. The van der Waals surface area contributed by atoms with Gasteiger partial charge >= 0.3 is 7.82 Å². The Balaban J connectivity index is 1.13. The Hall–Kier alpha value is -3.63. The number of ether oxygens (including phenoxy) is 2. The average molecular weight is 626 g/mol. The molecule has 2 aliphatic heterocycles. The van der Waals surface area contributed by atoms with E-state index in [9.17, 15) is 34.7 Å². The van der Waals surface area contributed by atoms with Crippen molar-refractivity contribution in [3.05, 3.63) is 34.9 Å². The first-order chi connectivity index (χ1) is 20.5. The molecule has 6 rings (SSSR count). The van der Waals surface area contributed by atoms with Crippen LogP contribution in [0.25, 0.3) is 16.8 Å². The molecule has 0 aromatic carbocycles. The number of anilines is 2. The Morgan fingerprint density at radius 3 is 2.63 bits per heavy atom. The van der Waals surface area contributed by atoms with Crippen molar-refractivity contribution >= 4 is 36.4 Å². The molecule has 21 nitrogen and oxygen atoms in total. The summed E-state index contributed by atoms with van der Waals surface area (Å²) in [5, 5.41) is 45.6. The standard InChI is InChI=1S/C21H27N10O11P/c22-16-18-24-3-7(31(18)27-5-25-16)14-13(35)11(33)8(40-14)1-2-39-43(37,38)42-15-12(34)9(4-32)41-20(15)30-6-26-10-17(30)28-21(23)29-19(10)36/h3,5-6,8-9,11-15,20,32-35H,1-2,4H2,(H,37,38)(H2,22,25,27)(H3,23,28,29,36)/t8-,9-,11-,12-,13-,14+,15-,20-/m1/s1. The van der Waals surface area contributed by atoms with Crippen LogP contribution in [0.4, 0.5) is 11.8 Å². The molecule has 232 valence electrons. The maximum absolute atomic E-state index is 12.9. The zero-order valence-corrected chi connectivity index (χ0v) is 22.8. The van der Waals surface area contributed by atoms with Gasteiger partial charge in [0.05, 0.1) is 37.5 Å². The normalized spacial score (nSPS) is 30.8. The molecular weight excluding hydrogens is 599 g/mol. The number of phosphoric ester groups is 1. The predicted molar refractivity (Wildman–Crippen MR) is 140 cm³/mol. The van der Waals surface area contributed by atoms with Crippen LogP contribution in [-0.2, 0) is 23.1 Å². The molecule has 0 spiro atoms. The van der Waals surface area contributed by atoms with E-state index in [1.165, 1.54) is 17.0 Å². The highest BCUT2D eigenvalue weighted by Gasteiger charge is 2.50. The number of nitrogens with zero attached hydrogens (tertiary/aromatic N) is 7. The van der Waals surface area contributed by atoms with Crippen LogP contribution < -0.4 is 17.0 Å². The van der Waals surface area contributed by atoms with E-state index in [2.05, 4.69) is 30.0 Å². The highest BCUT2D eigenvalue weighted by molar-refractivity contribution is 7.47. The van der Waals surface area contributed by atoms with Crippen molar-refractivity contribution in [2.75, 3.05) is 24.7 Å². The maximum atomic E-state index is 12.9. The maximum Gasteiger partial charge on any atom is 0.472 e. The monoisotopic (exact) mass is 626 g/mol. The minimum Gasteiger partial charge on any atom is -0.394 e. The quantitative estimate of drug-likeness (QED) is 0.0844. The van der Waals surface area contributed by atoms with E-state index in [0.29, 0.717) is 5.69 Å². The minimum absolute atomic E-state index is 0.0695. The van der Waals surface area contributed by atoms with E-state index in [-0.39, 0.29) is 35.0 Å². The predicted octanol–water partition coefficient (Wildman–Crippen LogP) is -3.27. The number of aliphatic hydroxyl groups excluding tert-OH is 4. The average Bonchev–Trinajstić information content (AvgIpc) is 3.71. The van der Waals surface area contributed by atoms with Crippen LogP contribution in [-0.4, -0.2) is 114 Å². The van der Waals surface area contributed by atoms with Crippen LogP contribution in [0.15, 0.2) is 23.6 Å². The Morgan fingerprint density at radius 1 is 1.07 bits per heavy atom. The number of aromatic amines is 1. The van der Waals surface area contributed by atoms with Gasteiger partial charge in [0, 0.05) is 6.42 Å². The number of imidazole rings is 2. The summed E-state index contributed by atoms with van der Waals surface area (Å²) in [7, 11) is -4.94. The largest absolute Gasteiger partial charge is 0.472 e. The van der Waals surface area contributed by atoms with Gasteiger partial charge in [-0.05, 0) is 0 Å². The molecule has 4 aromatic heterocycles. The Morgan fingerprint density at radius 2 is 1.86 bits per heavy atom. The highest BCUT2D eigenvalue weighted by atomic mass is 31.2. The second-order valence-corrected chi connectivity index (χ2v) is 11.2. The lowest BCUT2D eigenvalue weighted by molar-refractivity contribution is -0.0519. The summed E-state index contributed by atoms with van der Waals surface area (Å²) in [6.45, 7) is -1.17. The zero-order chi connectivity index (χ0) is 30.6. The first-order valence-electron chi connectivity index (χ1n) is 12.8. The molecule has 4 aromatic rings. The summed E-state index contributed by atoms with van der Waals surface area (Å²) >= 11 is 0. The lowest BCUT2D eigenvalue weighted by atomic mass is 10.0. The number of H-pyrrole nitrogens is 1. The highest BCUT2D eigenvalue weighted by Crippen LogP contribution is 2.49. The number of aromatic nitrogens is 8. The van der Waals surface area contributed by atoms with Gasteiger partial charge in [-0.3, -0.25) is 23.4 Å². The third-order valence-electron chi connectivity index (χ3n) is 7.14. The molecule has 22 heteroatoms. The fraction of sp³-hybridized carbons (Fsp3) is 0.524. The van der Waals surface area contributed by atoms with Gasteiger partial charge in [-0.1, -0.05) is 0 Å². The van der Waals surface area contributed by atoms with E-state index >= 15 is 0 Å². The molecule has 9 atom stereocenters. The van der Waals surface area contributed by atoms with Crippen LogP contribution in [0, 0.1) is 0 Å². The van der Waals surface area contributed by atoms with Gasteiger partial charge in [0.15, 0.2) is 28.9 Å². The van der Waals surface area contributed by atoms with Gasteiger partial charge in [0.2, 0.25) is 5.95 Å². The number of nitrogens with one attached hydrogen (secondary N) is 1. The first kappa shape index (κ1) is 29.4.